The van der Waals surface area contributed by atoms with Crippen LogP contribution in [-0.2, 0) is 13.0 Å². The third kappa shape index (κ3) is 3.07. The molecule has 1 saturated heterocycles. The molecule has 106 valence electrons. The van der Waals surface area contributed by atoms with Gasteiger partial charge in [0.05, 0.1) is 0 Å². The molecular formula is C15H26N4. The second-order valence-electron chi connectivity index (χ2n) is 5.65. The summed E-state index contributed by atoms with van der Waals surface area (Å²) in [4.78, 5) is 9.60. The molecule has 2 atom stereocenters. The van der Waals surface area contributed by atoms with E-state index in [1.165, 1.54) is 5.56 Å². The van der Waals surface area contributed by atoms with Crippen LogP contribution in [0.1, 0.15) is 32.0 Å². The second-order valence-corrected chi connectivity index (χ2v) is 5.65. The fourth-order valence-electron chi connectivity index (χ4n) is 2.69. The van der Waals surface area contributed by atoms with Crippen LogP contribution in [0.3, 0.4) is 0 Å². The minimum Gasteiger partial charge on any atom is -0.353 e. The lowest BCUT2D eigenvalue weighted by atomic mass is 10.1. The van der Waals surface area contributed by atoms with Crippen molar-refractivity contribution < 1.29 is 0 Å². The molecule has 1 aliphatic rings. The van der Waals surface area contributed by atoms with Crippen LogP contribution in [0.5, 0.6) is 0 Å². The lowest BCUT2D eigenvalue weighted by Gasteiger charge is -2.43. The van der Waals surface area contributed by atoms with Crippen LogP contribution in [0.4, 0.5) is 5.82 Å². The largest absolute Gasteiger partial charge is 0.353 e. The van der Waals surface area contributed by atoms with Crippen LogP contribution < -0.4 is 10.6 Å². The molecule has 4 heteroatoms. The number of aryl methyl sites for hydroxylation is 1. The predicted octanol–water partition coefficient (Wildman–Crippen LogP) is 1.63. The Kier molecular flexibility index (Phi) is 4.42. The normalized spacial score (nSPS) is 24.8. The topological polar surface area (TPSA) is 45.4 Å². The van der Waals surface area contributed by atoms with Gasteiger partial charge in [-0.25, -0.2) is 4.98 Å². The summed E-state index contributed by atoms with van der Waals surface area (Å²) in [5, 5.41) is 0. The first-order valence-corrected chi connectivity index (χ1v) is 7.22. The van der Waals surface area contributed by atoms with Crippen molar-refractivity contribution in [2.24, 2.45) is 5.73 Å². The van der Waals surface area contributed by atoms with Gasteiger partial charge in [-0.3, -0.25) is 4.90 Å². The molecule has 0 amide bonds. The van der Waals surface area contributed by atoms with Gasteiger partial charge in [-0.15, -0.1) is 0 Å². The molecule has 1 aliphatic heterocycles. The molecule has 0 radical (unpaired) electrons. The van der Waals surface area contributed by atoms with Crippen molar-refractivity contribution in [3.05, 3.63) is 23.4 Å². The van der Waals surface area contributed by atoms with Gasteiger partial charge >= 0.3 is 0 Å². The van der Waals surface area contributed by atoms with E-state index in [1.54, 1.807) is 0 Å². The molecule has 2 unspecified atom stereocenters. The summed E-state index contributed by atoms with van der Waals surface area (Å²) < 4.78 is 0. The van der Waals surface area contributed by atoms with E-state index in [1.807, 2.05) is 0 Å². The van der Waals surface area contributed by atoms with Crippen LogP contribution >= 0.6 is 0 Å². The van der Waals surface area contributed by atoms with Gasteiger partial charge in [0.15, 0.2) is 0 Å². The molecule has 0 saturated carbocycles. The van der Waals surface area contributed by atoms with Gasteiger partial charge in [-0.05, 0) is 45.0 Å². The highest BCUT2D eigenvalue weighted by Crippen LogP contribution is 2.21. The second kappa shape index (κ2) is 5.88. The summed E-state index contributed by atoms with van der Waals surface area (Å²) in [6.07, 6.45) is 0.958. The van der Waals surface area contributed by atoms with Gasteiger partial charge in [0.25, 0.3) is 0 Å². The van der Waals surface area contributed by atoms with Gasteiger partial charge in [0.1, 0.15) is 5.82 Å². The Balaban J connectivity index is 2.26. The first-order valence-electron chi connectivity index (χ1n) is 7.22. The average molecular weight is 262 g/mol. The Labute approximate surface area is 116 Å². The molecule has 0 aliphatic carbocycles. The molecular weight excluding hydrogens is 236 g/mol. The Morgan fingerprint density at radius 3 is 2.42 bits per heavy atom. The molecule has 1 fully saturated rings. The Morgan fingerprint density at radius 1 is 1.26 bits per heavy atom. The molecule has 19 heavy (non-hydrogen) atoms. The maximum Gasteiger partial charge on any atom is 0.129 e. The molecule has 4 nitrogen and oxygen atoms in total. The van der Waals surface area contributed by atoms with Crippen molar-refractivity contribution in [1.29, 1.82) is 0 Å². The Hall–Kier alpha value is -1.13. The van der Waals surface area contributed by atoms with Crippen molar-refractivity contribution in [2.75, 3.05) is 25.0 Å². The number of hydrogen-bond donors (Lipinski definition) is 1. The Morgan fingerprint density at radius 2 is 1.89 bits per heavy atom. The minimum atomic E-state index is 0.553. The van der Waals surface area contributed by atoms with E-state index in [0.717, 1.165) is 31.0 Å². The zero-order valence-corrected chi connectivity index (χ0v) is 12.6. The van der Waals surface area contributed by atoms with E-state index >= 15 is 0 Å². The first-order chi connectivity index (χ1) is 9.05. The molecule has 1 aromatic heterocycles. The van der Waals surface area contributed by atoms with Crippen molar-refractivity contribution >= 4 is 5.82 Å². The van der Waals surface area contributed by atoms with Crippen LogP contribution in [0.15, 0.2) is 12.1 Å². The number of nitrogens with two attached hydrogens (primary N) is 1. The molecule has 2 heterocycles. The van der Waals surface area contributed by atoms with E-state index in [2.05, 4.69) is 49.8 Å². The maximum atomic E-state index is 5.79. The van der Waals surface area contributed by atoms with Crippen LogP contribution in [0.2, 0.25) is 0 Å². The lowest BCUT2D eigenvalue weighted by Crippen LogP contribution is -2.55. The summed E-state index contributed by atoms with van der Waals surface area (Å²) >= 11 is 0. The zero-order valence-electron chi connectivity index (χ0n) is 12.6. The molecule has 0 spiro atoms. The molecule has 2 rings (SSSR count). The standard InChI is InChI=1S/C15H26N4/c1-5-14-6-13(8-16)7-15(17-14)19-9-11(2)18(4)12(3)10-19/h6-7,11-12H,5,8-10,16H2,1-4H3. The van der Waals surface area contributed by atoms with Gasteiger partial charge in [0.2, 0.25) is 0 Å². The van der Waals surface area contributed by atoms with E-state index in [-0.39, 0.29) is 0 Å². The third-order valence-corrected chi connectivity index (χ3v) is 4.21. The quantitative estimate of drug-likeness (QED) is 0.899. The smallest absolute Gasteiger partial charge is 0.129 e. The van der Waals surface area contributed by atoms with E-state index in [9.17, 15) is 0 Å². The SMILES string of the molecule is CCc1cc(CN)cc(N2CC(C)N(C)C(C)C2)n1. The molecule has 0 aromatic carbocycles. The van der Waals surface area contributed by atoms with Gasteiger partial charge in [0, 0.05) is 37.4 Å². The van der Waals surface area contributed by atoms with Crippen LogP contribution in [-0.4, -0.2) is 42.1 Å². The average Bonchev–Trinajstić information content (AvgIpc) is 2.43. The summed E-state index contributed by atoms with van der Waals surface area (Å²) in [7, 11) is 2.20. The number of piperazine rings is 1. The zero-order chi connectivity index (χ0) is 14.0. The van der Waals surface area contributed by atoms with Crippen molar-refractivity contribution in [3.63, 3.8) is 0 Å². The van der Waals surface area contributed by atoms with Crippen molar-refractivity contribution in [2.45, 2.75) is 45.8 Å². The summed E-state index contributed by atoms with van der Waals surface area (Å²) in [6.45, 7) is 9.34. The number of pyridine rings is 1. The molecule has 0 bridgehead atoms. The first kappa shape index (κ1) is 14.3. The van der Waals surface area contributed by atoms with Gasteiger partial charge < -0.3 is 10.6 Å². The summed E-state index contributed by atoms with van der Waals surface area (Å²) in [5.41, 5.74) is 8.11. The third-order valence-electron chi connectivity index (χ3n) is 4.21. The fraction of sp³-hybridized carbons (Fsp3) is 0.667. The number of likely N-dealkylation sites (N-methyl/N-ethyl adjacent to an activating group) is 1. The highest BCUT2D eigenvalue weighted by Gasteiger charge is 2.27. The maximum absolute atomic E-state index is 5.79. The number of anilines is 1. The van der Waals surface area contributed by atoms with E-state index in [4.69, 9.17) is 10.7 Å². The highest BCUT2D eigenvalue weighted by molar-refractivity contribution is 5.44. The Bertz CT molecular complexity index is 398. The fourth-order valence-corrected chi connectivity index (χ4v) is 2.69. The van der Waals surface area contributed by atoms with Crippen LogP contribution in [0, 0.1) is 0 Å². The van der Waals surface area contributed by atoms with Gasteiger partial charge in [-0.2, -0.15) is 0 Å². The molecule has 1 aromatic rings. The van der Waals surface area contributed by atoms with Crippen LogP contribution in [0.25, 0.3) is 0 Å². The number of rotatable bonds is 3. The van der Waals surface area contributed by atoms with E-state index < -0.39 is 0 Å². The summed E-state index contributed by atoms with van der Waals surface area (Å²) in [6, 6.07) is 5.37. The highest BCUT2D eigenvalue weighted by atomic mass is 15.3. The summed E-state index contributed by atoms with van der Waals surface area (Å²) in [5.74, 6) is 1.09. The number of nitrogens with zero attached hydrogens (tertiary/aromatic N) is 3. The van der Waals surface area contributed by atoms with Gasteiger partial charge in [-0.1, -0.05) is 6.92 Å². The minimum absolute atomic E-state index is 0.553. The molecule has 2 N–H and O–H groups in total. The lowest BCUT2D eigenvalue weighted by molar-refractivity contribution is 0.169. The number of hydrogen-bond acceptors (Lipinski definition) is 4. The number of aromatic nitrogens is 1. The van der Waals surface area contributed by atoms with Crippen molar-refractivity contribution in [1.82, 2.24) is 9.88 Å². The predicted molar refractivity (Wildman–Crippen MR) is 80.4 cm³/mol. The van der Waals surface area contributed by atoms with Crippen molar-refractivity contribution in [3.8, 4) is 0 Å². The monoisotopic (exact) mass is 262 g/mol. The van der Waals surface area contributed by atoms with E-state index in [0.29, 0.717) is 18.6 Å².